The van der Waals surface area contributed by atoms with Gasteiger partial charge in [-0.15, -0.1) is 0 Å². The summed E-state index contributed by atoms with van der Waals surface area (Å²) in [5.74, 6) is 0.417. The highest BCUT2D eigenvalue weighted by atomic mass is 16.5. The summed E-state index contributed by atoms with van der Waals surface area (Å²) in [5, 5.41) is 14.7. The van der Waals surface area contributed by atoms with Crippen LogP contribution in [0.1, 0.15) is 32.1 Å². The Balaban J connectivity index is 1.86. The number of carbonyl (C=O) groups is 1. The third kappa shape index (κ3) is 2.43. The van der Waals surface area contributed by atoms with Crippen LogP contribution in [0.5, 0.6) is 0 Å². The second kappa shape index (κ2) is 5.56. The molecule has 1 heterocycles. The first kappa shape index (κ1) is 13.1. The number of hydrogen-bond acceptors (Lipinski definition) is 4. The van der Waals surface area contributed by atoms with E-state index < -0.39 is 5.41 Å². The Labute approximate surface area is 107 Å². The molecule has 2 fully saturated rings. The van der Waals surface area contributed by atoms with E-state index in [-0.39, 0.29) is 11.7 Å². The number of amides is 1. The fourth-order valence-corrected chi connectivity index (χ4v) is 2.58. The molecule has 18 heavy (non-hydrogen) atoms. The van der Waals surface area contributed by atoms with E-state index in [4.69, 9.17) is 15.7 Å². The predicted molar refractivity (Wildman–Crippen MR) is 66.2 cm³/mol. The predicted octanol–water partition coefficient (Wildman–Crippen LogP) is 0.446. The van der Waals surface area contributed by atoms with E-state index >= 15 is 0 Å². The van der Waals surface area contributed by atoms with Crippen LogP contribution < -0.4 is 11.1 Å². The molecular formula is C12H21N3O3. The largest absolute Gasteiger partial charge is 0.409 e. The van der Waals surface area contributed by atoms with Gasteiger partial charge >= 0.3 is 0 Å². The number of carbonyl (C=O) groups excluding carboxylic acids is 1. The van der Waals surface area contributed by atoms with E-state index in [0.717, 1.165) is 32.5 Å². The molecule has 0 aromatic rings. The van der Waals surface area contributed by atoms with E-state index in [1.807, 2.05) is 0 Å². The Morgan fingerprint density at radius 3 is 2.61 bits per heavy atom. The zero-order valence-corrected chi connectivity index (χ0v) is 10.5. The molecular weight excluding hydrogens is 234 g/mol. The normalized spacial score (nSPS) is 24.3. The molecule has 2 aliphatic rings. The van der Waals surface area contributed by atoms with Crippen molar-refractivity contribution >= 4 is 11.7 Å². The van der Waals surface area contributed by atoms with Crippen molar-refractivity contribution in [2.45, 2.75) is 32.1 Å². The number of oxime groups is 1. The van der Waals surface area contributed by atoms with Crippen LogP contribution in [0.15, 0.2) is 5.16 Å². The summed E-state index contributed by atoms with van der Waals surface area (Å²) in [6.07, 6.45) is 4.25. The summed E-state index contributed by atoms with van der Waals surface area (Å²) in [6.45, 7) is 2.19. The van der Waals surface area contributed by atoms with E-state index in [2.05, 4.69) is 10.5 Å². The molecule has 102 valence electrons. The molecule has 0 aromatic carbocycles. The summed E-state index contributed by atoms with van der Waals surface area (Å²) >= 11 is 0. The maximum atomic E-state index is 12.2. The van der Waals surface area contributed by atoms with Gasteiger partial charge in [-0.05, 0) is 31.6 Å². The average Bonchev–Trinajstić information content (AvgIpc) is 2.36. The molecule has 4 N–H and O–H groups in total. The van der Waals surface area contributed by atoms with Crippen LogP contribution >= 0.6 is 0 Å². The maximum Gasteiger partial charge on any atom is 0.233 e. The van der Waals surface area contributed by atoms with E-state index in [1.54, 1.807) is 0 Å². The summed E-state index contributed by atoms with van der Waals surface area (Å²) in [6, 6.07) is 0. The highest BCUT2D eigenvalue weighted by Gasteiger charge is 2.48. The van der Waals surface area contributed by atoms with Crippen molar-refractivity contribution in [3.8, 4) is 0 Å². The van der Waals surface area contributed by atoms with E-state index in [0.29, 0.717) is 25.3 Å². The second-order valence-corrected chi connectivity index (χ2v) is 5.19. The zero-order valence-electron chi connectivity index (χ0n) is 10.5. The fourth-order valence-electron chi connectivity index (χ4n) is 2.58. The van der Waals surface area contributed by atoms with Crippen LogP contribution in [0.25, 0.3) is 0 Å². The molecule has 1 saturated heterocycles. The van der Waals surface area contributed by atoms with Crippen molar-refractivity contribution in [1.82, 2.24) is 5.32 Å². The molecule has 0 bridgehead atoms. The first-order chi connectivity index (χ1) is 8.69. The SMILES string of the molecule is NC(=NO)C1(C(=O)NCC2CCOCC2)CCC1. The van der Waals surface area contributed by atoms with Crippen molar-refractivity contribution in [2.75, 3.05) is 19.8 Å². The highest BCUT2D eigenvalue weighted by Crippen LogP contribution is 2.41. The molecule has 6 heteroatoms. The Morgan fingerprint density at radius 1 is 1.44 bits per heavy atom. The molecule has 6 nitrogen and oxygen atoms in total. The fraction of sp³-hybridized carbons (Fsp3) is 0.833. The van der Waals surface area contributed by atoms with Crippen LogP contribution in [0.2, 0.25) is 0 Å². The molecule has 0 spiro atoms. The molecule has 0 aromatic heterocycles. The zero-order chi connectivity index (χ0) is 13.0. The topological polar surface area (TPSA) is 96.9 Å². The summed E-state index contributed by atoms with van der Waals surface area (Å²) in [7, 11) is 0. The van der Waals surface area contributed by atoms with Gasteiger partial charge in [0.25, 0.3) is 0 Å². The molecule has 1 aliphatic carbocycles. The van der Waals surface area contributed by atoms with Gasteiger partial charge in [0, 0.05) is 19.8 Å². The van der Waals surface area contributed by atoms with Crippen molar-refractivity contribution in [2.24, 2.45) is 22.2 Å². The van der Waals surface area contributed by atoms with Gasteiger partial charge in [-0.1, -0.05) is 11.6 Å². The lowest BCUT2D eigenvalue weighted by molar-refractivity contribution is -0.131. The average molecular weight is 255 g/mol. The van der Waals surface area contributed by atoms with Crippen molar-refractivity contribution in [3.63, 3.8) is 0 Å². The third-order valence-corrected chi connectivity index (χ3v) is 4.13. The van der Waals surface area contributed by atoms with Crippen LogP contribution in [-0.4, -0.2) is 36.7 Å². The lowest BCUT2D eigenvalue weighted by Crippen LogP contribution is -2.54. The molecule has 0 unspecified atom stereocenters. The van der Waals surface area contributed by atoms with Crippen molar-refractivity contribution < 1.29 is 14.7 Å². The van der Waals surface area contributed by atoms with Crippen molar-refractivity contribution in [1.29, 1.82) is 0 Å². The minimum absolute atomic E-state index is 0.0400. The third-order valence-electron chi connectivity index (χ3n) is 4.13. The van der Waals surface area contributed by atoms with Crippen LogP contribution in [0.4, 0.5) is 0 Å². The van der Waals surface area contributed by atoms with E-state index in [9.17, 15) is 4.79 Å². The number of nitrogens with one attached hydrogen (secondary N) is 1. The molecule has 1 aliphatic heterocycles. The molecule has 1 saturated carbocycles. The number of hydrogen-bond donors (Lipinski definition) is 3. The number of rotatable bonds is 4. The van der Waals surface area contributed by atoms with Gasteiger partial charge in [0.2, 0.25) is 5.91 Å². The minimum Gasteiger partial charge on any atom is -0.409 e. The summed E-state index contributed by atoms with van der Waals surface area (Å²) in [4.78, 5) is 12.2. The van der Waals surface area contributed by atoms with Gasteiger partial charge < -0.3 is 21.0 Å². The monoisotopic (exact) mass is 255 g/mol. The van der Waals surface area contributed by atoms with Gasteiger partial charge in [-0.3, -0.25) is 4.79 Å². The number of amidine groups is 1. The van der Waals surface area contributed by atoms with Crippen molar-refractivity contribution in [3.05, 3.63) is 0 Å². The van der Waals surface area contributed by atoms with Gasteiger partial charge in [-0.2, -0.15) is 0 Å². The Morgan fingerprint density at radius 2 is 2.11 bits per heavy atom. The first-order valence-corrected chi connectivity index (χ1v) is 6.53. The van der Waals surface area contributed by atoms with Crippen LogP contribution in [0.3, 0.4) is 0 Å². The molecule has 0 radical (unpaired) electrons. The Bertz CT molecular complexity index is 333. The number of ether oxygens (including phenoxy) is 1. The van der Waals surface area contributed by atoms with E-state index in [1.165, 1.54) is 0 Å². The van der Waals surface area contributed by atoms with Gasteiger partial charge in [0.1, 0.15) is 5.41 Å². The Kier molecular flexibility index (Phi) is 4.06. The lowest BCUT2D eigenvalue weighted by Gasteiger charge is -2.39. The van der Waals surface area contributed by atoms with Crippen LogP contribution in [0, 0.1) is 11.3 Å². The Hall–Kier alpha value is -1.30. The standard InChI is InChI=1S/C12H21N3O3/c13-10(15-17)12(4-1-5-12)11(16)14-8-9-2-6-18-7-3-9/h9,17H,1-8H2,(H2,13,15)(H,14,16). The summed E-state index contributed by atoms with van der Waals surface area (Å²) < 4.78 is 5.28. The summed E-state index contributed by atoms with van der Waals surface area (Å²) in [5.41, 5.74) is 4.88. The first-order valence-electron chi connectivity index (χ1n) is 6.53. The van der Waals surface area contributed by atoms with Gasteiger partial charge in [0.05, 0.1) is 0 Å². The quantitative estimate of drug-likeness (QED) is 0.294. The van der Waals surface area contributed by atoms with Gasteiger partial charge in [-0.25, -0.2) is 0 Å². The number of nitrogens with two attached hydrogens (primary N) is 1. The molecule has 2 rings (SSSR count). The lowest BCUT2D eigenvalue weighted by atomic mass is 9.67. The molecule has 1 amide bonds. The maximum absolute atomic E-state index is 12.2. The van der Waals surface area contributed by atoms with Gasteiger partial charge in [0.15, 0.2) is 5.84 Å². The molecule has 0 atom stereocenters. The highest BCUT2D eigenvalue weighted by molar-refractivity contribution is 6.07. The second-order valence-electron chi connectivity index (χ2n) is 5.19. The smallest absolute Gasteiger partial charge is 0.233 e. The van der Waals surface area contributed by atoms with Crippen LogP contribution in [-0.2, 0) is 9.53 Å². The number of nitrogens with zero attached hydrogens (tertiary/aromatic N) is 1. The minimum atomic E-state index is -0.764.